The third kappa shape index (κ3) is 3.08. The molecule has 0 amide bonds. The summed E-state index contributed by atoms with van der Waals surface area (Å²) in [5, 5.41) is 4.92. The number of hydrogen-bond acceptors (Lipinski definition) is 5. The zero-order valence-electron chi connectivity index (χ0n) is 11.4. The zero-order valence-corrected chi connectivity index (χ0v) is 12.1. The summed E-state index contributed by atoms with van der Waals surface area (Å²) in [5.41, 5.74) is 1.91. The van der Waals surface area contributed by atoms with Crippen LogP contribution < -0.4 is 0 Å². The molecule has 106 valence electrons. The van der Waals surface area contributed by atoms with Gasteiger partial charge in [-0.3, -0.25) is 9.58 Å². The Balaban J connectivity index is 2.04. The largest absolute Gasteiger partial charge is 0.467 e. The van der Waals surface area contributed by atoms with Crippen molar-refractivity contribution in [1.82, 2.24) is 14.7 Å². The highest BCUT2D eigenvalue weighted by Crippen LogP contribution is 2.21. The van der Waals surface area contributed by atoms with E-state index in [0.29, 0.717) is 24.8 Å². The van der Waals surface area contributed by atoms with E-state index in [2.05, 4.69) is 10.00 Å². The fourth-order valence-electron chi connectivity index (χ4n) is 2.20. The second-order valence-electron chi connectivity index (χ2n) is 4.60. The highest BCUT2D eigenvalue weighted by molar-refractivity contribution is 6.30. The number of ether oxygens (including phenoxy) is 2. The van der Waals surface area contributed by atoms with Crippen molar-refractivity contribution in [2.45, 2.75) is 19.6 Å². The van der Waals surface area contributed by atoms with Crippen LogP contribution in [-0.2, 0) is 27.9 Å². The first kappa shape index (κ1) is 14.3. The maximum atomic E-state index is 11.5. The van der Waals surface area contributed by atoms with Gasteiger partial charge in [0, 0.05) is 32.2 Å². The van der Waals surface area contributed by atoms with Crippen molar-refractivity contribution < 1.29 is 14.3 Å². The number of morpholine rings is 1. The van der Waals surface area contributed by atoms with Gasteiger partial charge in [-0.25, -0.2) is 4.79 Å². The summed E-state index contributed by atoms with van der Waals surface area (Å²) >= 11 is 6.21. The van der Waals surface area contributed by atoms with Crippen LogP contribution in [0, 0.1) is 6.92 Å². The van der Waals surface area contributed by atoms with Gasteiger partial charge in [-0.15, -0.1) is 0 Å². The van der Waals surface area contributed by atoms with Gasteiger partial charge in [-0.1, -0.05) is 11.6 Å². The molecule has 0 aliphatic carbocycles. The molecular formula is C12H18ClN3O3. The molecule has 0 spiro atoms. The van der Waals surface area contributed by atoms with E-state index in [1.54, 1.807) is 4.68 Å². The molecule has 1 aromatic rings. The van der Waals surface area contributed by atoms with Crippen molar-refractivity contribution in [3.63, 3.8) is 0 Å². The smallest absolute Gasteiger partial charge is 0.336 e. The number of carbonyl (C=O) groups excluding carboxylic acids is 1. The number of nitrogens with zero attached hydrogens (tertiary/aromatic N) is 3. The van der Waals surface area contributed by atoms with Crippen molar-refractivity contribution >= 4 is 17.6 Å². The molecule has 2 heterocycles. The summed E-state index contributed by atoms with van der Waals surface area (Å²) in [4.78, 5) is 13.6. The maximum Gasteiger partial charge on any atom is 0.336 e. The molecule has 1 aliphatic rings. The predicted octanol–water partition coefficient (Wildman–Crippen LogP) is 0.756. The number of halogens is 1. The number of esters is 1. The second-order valence-corrected chi connectivity index (χ2v) is 4.95. The van der Waals surface area contributed by atoms with Crippen molar-refractivity contribution in [3.8, 4) is 0 Å². The molecule has 1 aromatic heterocycles. The monoisotopic (exact) mass is 287 g/mol. The molecule has 0 bridgehead atoms. The Hall–Kier alpha value is -1.11. The van der Waals surface area contributed by atoms with Gasteiger partial charge in [0.15, 0.2) is 6.10 Å². The standard InChI is InChI=1S/C12H18ClN3O3/c1-8-9(11(13)15(2)14-8)6-16-4-5-19-10(7-16)12(17)18-3/h10H,4-7H2,1-3H3. The van der Waals surface area contributed by atoms with Gasteiger partial charge in [0.25, 0.3) is 0 Å². The molecular weight excluding hydrogens is 270 g/mol. The maximum absolute atomic E-state index is 11.5. The number of hydrogen-bond donors (Lipinski definition) is 0. The highest BCUT2D eigenvalue weighted by Gasteiger charge is 2.28. The number of methoxy groups -OCH3 is 1. The van der Waals surface area contributed by atoms with E-state index >= 15 is 0 Å². The third-order valence-electron chi connectivity index (χ3n) is 3.27. The van der Waals surface area contributed by atoms with Gasteiger partial charge in [0.1, 0.15) is 5.15 Å². The topological polar surface area (TPSA) is 56.6 Å². The Kier molecular flexibility index (Phi) is 4.44. The molecule has 0 aromatic carbocycles. The van der Waals surface area contributed by atoms with E-state index in [0.717, 1.165) is 17.8 Å². The van der Waals surface area contributed by atoms with Crippen LogP contribution in [-0.4, -0.2) is 53.6 Å². The van der Waals surface area contributed by atoms with Crippen LogP contribution in [0.4, 0.5) is 0 Å². The van der Waals surface area contributed by atoms with Crippen LogP contribution in [0.2, 0.25) is 5.15 Å². The Morgan fingerprint density at radius 3 is 2.95 bits per heavy atom. The van der Waals surface area contributed by atoms with Crippen LogP contribution in [0.3, 0.4) is 0 Å². The van der Waals surface area contributed by atoms with E-state index in [4.69, 9.17) is 21.1 Å². The third-order valence-corrected chi connectivity index (χ3v) is 3.74. The molecule has 1 aliphatic heterocycles. The number of aryl methyl sites for hydroxylation is 2. The Bertz CT molecular complexity index is 475. The molecule has 1 unspecified atom stereocenters. The predicted molar refractivity (Wildman–Crippen MR) is 70.0 cm³/mol. The average molecular weight is 288 g/mol. The molecule has 1 fully saturated rings. The minimum Gasteiger partial charge on any atom is -0.467 e. The lowest BCUT2D eigenvalue weighted by molar-refractivity contribution is -0.160. The molecule has 0 saturated carbocycles. The average Bonchev–Trinajstić information content (AvgIpc) is 2.65. The fourth-order valence-corrected chi connectivity index (χ4v) is 2.43. The van der Waals surface area contributed by atoms with Gasteiger partial charge in [-0.2, -0.15) is 5.10 Å². The molecule has 7 heteroatoms. The minimum atomic E-state index is -0.519. The summed E-state index contributed by atoms with van der Waals surface area (Å²) in [6.45, 7) is 4.38. The number of aromatic nitrogens is 2. The molecule has 2 rings (SSSR count). The van der Waals surface area contributed by atoms with E-state index in [1.807, 2.05) is 14.0 Å². The van der Waals surface area contributed by atoms with Gasteiger partial charge < -0.3 is 9.47 Å². The fraction of sp³-hybridized carbons (Fsp3) is 0.667. The summed E-state index contributed by atoms with van der Waals surface area (Å²) in [6, 6.07) is 0. The van der Waals surface area contributed by atoms with Crippen molar-refractivity contribution in [2.75, 3.05) is 26.8 Å². The van der Waals surface area contributed by atoms with Crippen molar-refractivity contribution in [2.24, 2.45) is 7.05 Å². The van der Waals surface area contributed by atoms with Crippen LogP contribution >= 0.6 is 11.6 Å². The lowest BCUT2D eigenvalue weighted by atomic mass is 10.2. The van der Waals surface area contributed by atoms with Gasteiger partial charge in [0.2, 0.25) is 0 Å². The molecule has 19 heavy (non-hydrogen) atoms. The number of carbonyl (C=O) groups is 1. The van der Waals surface area contributed by atoms with Crippen molar-refractivity contribution in [3.05, 3.63) is 16.4 Å². The van der Waals surface area contributed by atoms with Crippen LogP contribution in [0.5, 0.6) is 0 Å². The Morgan fingerprint density at radius 2 is 2.37 bits per heavy atom. The molecule has 0 radical (unpaired) electrons. The van der Waals surface area contributed by atoms with Crippen LogP contribution in [0.15, 0.2) is 0 Å². The SMILES string of the molecule is COC(=O)C1CN(Cc2c(C)nn(C)c2Cl)CCO1. The summed E-state index contributed by atoms with van der Waals surface area (Å²) in [5.74, 6) is -0.335. The molecule has 0 N–H and O–H groups in total. The van der Waals surface area contributed by atoms with E-state index in [9.17, 15) is 4.79 Å². The van der Waals surface area contributed by atoms with E-state index < -0.39 is 6.10 Å². The second kappa shape index (κ2) is 5.90. The highest BCUT2D eigenvalue weighted by atomic mass is 35.5. The summed E-state index contributed by atoms with van der Waals surface area (Å²) < 4.78 is 11.8. The minimum absolute atomic E-state index is 0.335. The first-order valence-electron chi connectivity index (χ1n) is 6.12. The quantitative estimate of drug-likeness (QED) is 0.768. The Labute approximate surface area is 117 Å². The van der Waals surface area contributed by atoms with Crippen LogP contribution in [0.1, 0.15) is 11.3 Å². The summed E-state index contributed by atoms with van der Waals surface area (Å²) in [7, 11) is 3.18. The van der Waals surface area contributed by atoms with E-state index in [-0.39, 0.29) is 5.97 Å². The molecule has 6 nitrogen and oxygen atoms in total. The normalized spacial score (nSPS) is 20.5. The van der Waals surface area contributed by atoms with Crippen molar-refractivity contribution in [1.29, 1.82) is 0 Å². The first-order chi connectivity index (χ1) is 9.02. The van der Waals surface area contributed by atoms with E-state index in [1.165, 1.54) is 7.11 Å². The lowest BCUT2D eigenvalue weighted by Crippen LogP contribution is -2.46. The van der Waals surface area contributed by atoms with Gasteiger partial charge in [0.05, 0.1) is 19.4 Å². The zero-order chi connectivity index (χ0) is 14.0. The first-order valence-corrected chi connectivity index (χ1v) is 6.50. The molecule has 1 saturated heterocycles. The van der Waals surface area contributed by atoms with Crippen LogP contribution in [0.25, 0.3) is 0 Å². The van der Waals surface area contributed by atoms with Gasteiger partial charge in [-0.05, 0) is 6.92 Å². The number of rotatable bonds is 3. The molecule has 1 atom stereocenters. The lowest BCUT2D eigenvalue weighted by Gasteiger charge is -2.31. The van der Waals surface area contributed by atoms with Gasteiger partial charge >= 0.3 is 5.97 Å². The summed E-state index contributed by atoms with van der Waals surface area (Å²) in [6.07, 6.45) is -0.519. The Morgan fingerprint density at radius 1 is 1.63 bits per heavy atom.